The molecule has 2 aromatic rings. The van der Waals surface area contributed by atoms with Gasteiger partial charge in [-0.1, -0.05) is 18.2 Å². The molecule has 7 heteroatoms. The van der Waals surface area contributed by atoms with Gasteiger partial charge >= 0.3 is 12.1 Å². The highest BCUT2D eigenvalue weighted by Crippen LogP contribution is 2.23. The molecule has 0 saturated heterocycles. The molecule has 7 nitrogen and oxygen atoms in total. The van der Waals surface area contributed by atoms with Gasteiger partial charge < -0.3 is 21.1 Å². The van der Waals surface area contributed by atoms with Gasteiger partial charge in [-0.3, -0.25) is 9.36 Å². The Kier molecular flexibility index (Phi) is 5.52. The van der Waals surface area contributed by atoms with E-state index >= 15 is 0 Å². The molecule has 0 amide bonds. The summed E-state index contributed by atoms with van der Waals surface area (Å²) in [6, 6.07) is 6.24. The van der Waals surface area contributed by atoms with Gasteiger partial charge in [0.2, 0.25) is 0 Å². The molecule has 0 bridgehead atoms. The van der Waals surface area contributed by atoms with E-state index in [0.717, 1.165) is 5.39 Å². The molecule has 0 aliphatic rings. The Labute approximate surface area is 134 Å². The van der Waals surface area contributed by atoms with E-state index in [1.807, 2.05) is 18.2 Å². The third-order valence-electron chi connectivity index (χ3n) is 3.14. The maximum atomic E-state index is 12.3. The quantitative estimate of drug-likeness (QED) is 0.886. The highest BCUT2D eigenvalue weighted by atomic mass is 16.6. The Morgan fingerprint density at radius 2 is 1.91 bits per heavy atom. The molecule has 126 valence electrons. The minimum Gasteiger partial charge on any atom is -0.480 e. The lowest BCUT2D eigenvalue weighted by Crippen LogP contribution is -2.32. The molecule has 0 fully saturated rings. The Morgan fingerprint density at radius 3 is 2.48 bits per heavy atom. The van der Waals surface area contributed by atoms with E-state index in [9.17, 15) is 9.59 Å². The number of carbonyl (C=O) groups excluding carboxylic acids is 1. The first-order valence-corrected chi connectivity index (χ1v) is 7.00. The number of carbonyl (C=O) groups is 2. The number of rotatable bonds is 3. The molecule has 1 aromatic carbocycles. The highest BCUT2D eigenvalue weighted by Gasteiger charge is 2.22. The first-order chi connectivity index (χ1) is 10.2. The molecule has 0 saturated carbocycles. The number of nitrogens with zero attached hydrogens (tertiary/aromatic N) is 1. The number of ether oxygens (including phenoxy) is 1. The molecule has 5 N–H and O–H groups in total. The van der Waals surface area contributed by atoms with E-state index < -0.39 is 23.7 Å². The van der Waals surface area contributed by atoms with Crippen molar-refractivity contribution in [2.45, 2.75) is 38.8 Å². The summed E-state index contributed by atoms with van der Waals surface area (Å²) < 4.78 is 6.77. The van der Waals surface area contributed by atoms with E-state index in [0.29, 0.717) is 11.1 Å². The van der Waals surface area contributed by atoms with Crippen molar-refractivity contribution in [3.8, 4) is 0 Å². The molecule has 0 aliphatic heterocycles. The van der Waals surface area contributed by atoms with E-state index in [1.54, 1.807) is 33.0 Å². The van der Waals surface area contributed by atoms with E-state index in [4.69, 9.17) is 15.6 Å². The van der Waals surface area contributed by atoms with E-state index in [1.165, 1.54) is 4.57 Å². The van der Waals surface area contributed by atoms with E-state index in [2.05, 4.69) is 0 Å². The van der Waals surface area contributed by atoms with Gasteiger partial charge in [-0.15, -0.1) is 0 Å². The van der Waals surface area contributed by atoms with Crippen molar-refractivity contribution < 1.29 is 24.9 Å². The standard InChI is InChI=1S/C16H20N2O4.H2O/c1-16(2,3)22-15(21)18-9-10(8-12(17)14(19)20)11-6-4-5-7-13(11)18;/h4-7,9,12H,8,17H2,1-3H3,(H,19,20);1H2. The molecule has 2 rings (SSSR count). The van der Waals surface area contributed by atoms with Crippen LogP contribution in [0.2, 0.25) is 0 Å². The van der Waals surface area contributed by atoms with Crippen molar-refractivity contribution in [2.75, 3.05) is 0 Å². The SMILES string of the molecule is CC(C)(C)OC(=O)n1cc(CC(N)C(=O)O)c2ccccc21.O. The number of hydrogen-bond acceptors (Lipinski definition) is 4. The van der Waals surface area contributed by atoms with Crippen LogP contribution in [0.4, 0.5) is 4.79 Å². The lowest BCUT2D eigenvalue weighted by Gasteiger charge is -2.19. The van der Waals surface area contributed by atoms with Crippen LogP contribution >= 0.6 is 0 Å². The first kappa shape index (κ1) is 18.7. The lowest BCUT2D eigenvalue weighted by molar-refractivity contribution is -0.138. The van der Waals surface area contributed by atoms with Gasteiger partial charge in [-0.25, -0.2) is 4.79 Å². The minimum absolute atomic E-state index is 0. The van der Waals surface area contributed by atoms with Crippen LogP contribution in [0, 0.1) is 0 Å². The lowest BCUT2D eigenvalue weighted by atomic mass is 10.1. The zero-order valence-corrected chi connectivity index (χ0v) is 13.4. The Morgan fingerprint density at radius 1 is 1.30 bits per heavy atom. The Bertz CT molecular complexity index is 715. The average molecular weight is 322 g/mol. The van der Waals surface area contributed by atoms with Crippen molar-refractivity contribution in [1.29, 1.82) is 0 Å². The van der Waals surface area contributed by atoms with Crippen LogP contribution in [0.3, 0.4) is 0 Å². The maximum absolute atomic E-state index is 12.3. The van der Waals surface area contributed by atoms with Gasteiger partial charge in [-0.05, 0) is 32.4 Å². The number of carboxylic acid groups (broad SMARTS) is 1. The molecule has 1 aromatic heterocycles. The van der Waals surface area contributed by atoms with Gasteiger partial charge in [0, 0.05) is 18.0 Å². The first-order valence-electron chi connectivity index (χ1n) is 7.00. The number of aromatic nitrogens is 1. The molecule has 1 atom stereocenters. The van der Waals surface area contributed by atoms with Crippen molar-refractivity contribution in [3.05, 3.63) is 36.0 Å². The van der Waals surface area contributed by atoms with Crippen molar-refractivity contribution >= 4 is 23.0 Å². The summed E-state index contributed by atoms with van der Waals surface area (Å²) in [5.41, 5.74) is 6.37. The second kappa shape index (κ2) is 6.80. The maximum Gasteiger partial charge on any atom is 0.419 e. The van der Waals surface area contributed by atoms with Gasteiger partial charge in [-0.2, -0.15) is 0 Å². The van der Waals surface area contributed by atoms with Crippen molar-refractivity contribution in [2.24, 2.45) is 5.73 Å². The smallest absolute Gasteiger partial charge is 0.419 e. The van der Waals surface area contributed by atoms with Crippen LogP contribution in [-0.2, 0) is 16.0 Å². The minimum atomic E-state index is -1.07. The van der Waals surface area contributed by atoms with Crippen LogP contribution in [-0.4, -0.2) is 38.9 Å². The second-order valence-corrected chi connectivity index (χ2v) is 6.17. The summed E-state index contributed by atoms with van der Waals surface area (Å²) in [6.45, 7) is 5.37. The molecule has 0 radical (unpaired) electrons. The van der Waals surface area contributed by atoms with Gasteiger partial charge in [0.15, 0.2) is 0 Å². The summed E-state index contributed by atoms with van der Waals surface area (Å²) in [5.74, 6) is -1.07. The molecular formula is C16H22N2O5. The van der Waals surface area contributed by atoms with Crippen LogP contribution < -0.4 is 5.73 Å². The Hall–Kier alpha value is -2.38. The predicted octanol–water partition coefficient (Wildman–Crippen LogP) is 1.55. The molecule has 1 unspecified atom stereocenters. The molecule has 0 spiro atoms. The third kappa shape index (κ3) is 4.30. The number of benzene rings is 1. The monoisotopic (exact) mass is 322 g/mol. The fourth-order valence-electron chi connectivity index (χ4n) is 2.20. The fraction of sp³-hybridized carbons (Fsp3) is 0.375. The summed E-state index contributed by atoms with van der Waals surface area (Å²) in [4.78, 5) is 23.2. The third-order valence-corrected chi connectivity index (χ3v) is 3.14. The summed E-state index contributed by atoms with van der Waals surface area (Å²) >= 11 is 0. The van der Waals surface area contributed by atoms with Crippen LogP contribution in [0.15, 0.2) is 30.5 Å². The number of aliphatic carboxylic acids is 1. The number of hydrogen-bond donors (Lipinski definition) is 2. The molecule has 1 heterocycles. The largest absolute Gasteiger partial charge is 0.480 e. The number of nitrogens with two attached hydrogens (primary N) is 1. The second-order valence-electron chi connectivity index (χ2n) is 6.17. The zero-order chi connectivity index (χ0) is 16.5. The Balaban J connectivity index is 0.00000264. The van der Waals surface area contributed by atoms with Crippen molar-refractivity contribution in [3.63, 3.8) is 0 Å². The zero-order valence-electron chi connectivity index (χ0n) is 13.4. The topological polar surface area (TPSA) is 126 Å². The molecule has 23 heavy (non-hydrogen) atoms. The predicted molar refractivity (Wildman–Crippen MR) is 86.5 cm³/mol. The van der Waals surface area contributed by atoms with Crippen LogP contribution in [0.1, 0.15) is 26.3 Å². The fourth-order valence-corrected chi connectivity index (χ4v) is 2.20. The molecular weight excluding hydrogens is 300 g/mol. The van der Waals surface area contributed by atoms with Gasteiger partial charge in [0.05, 0.1) is 5.52 Å². The van der Waals surface area contributed by atoms with Crippen molar-refractivity contribution in [1.82, 2.24) is 4.57 Å². The van der Waals surface area contributed by atoms with Gasteiger partial charge in [0.25, 0.3) is 0 Å². The van der Waals surface area contributed by atoms with Crippen LogP contribution in [0.25, 0.3) is 10.9 Å². The van der Waals surface area contributed by atoms with E-state index in [-0.39, 0.29) is 11.9 Å². The number of para-hydroxylation sites is 1. The van der Waals surface area contributed by atoms with Gasteiger partial charge in [0.1, 0.15) is 11.6 Å². The summed E-state index contributed by atoms with van der Waals surface area (Å²) in [5, 5.41) is 9.76. The average Bonchev–Trinajstić information content (AvgIpc) is 2.76. The highest BCUT2D eigenvalue weighted by molar-refractivity contribution is 5.92. The number of carboxylic acids is 1. The summed E-state index contributed by atoms with van der Waals surface area (Å²) in [6.07, 6.45) is 1.24. The molecule has 0 aliphatic carbocycles. The van der Waals surface area contributed by atoms with Crippen LogP contribution in [0.5, 0.6) is 0 Å². The normalized spacial score (nSPS) is 12.5. The number of fused-ring (bicyclic) bond motifs is 1. The summed E-state index contributed by atoms with van der Waals surface area (Å²) in [7, 11) is 0.